The van der Waals surface area contributed by atoms with Crippen LogP contribution in [0.5, 0.6) is 0 Å². The molecule has 12 heteroatoms. The Hall–Kier alpha value is -3.12. The molecule has 0 bridgehead atoms. The van der Waals surface area contributed by atoms with E-state index in [2.05, 4.69) is 0 Å². The van der Waals surface area contributed by atoms with Crippen LogP contribution >= 0.6 is 0 Å². The van der Waals surface area contributed by atoms with Crippen molar-refractivity contribution in [2.24, 2.45) is 0 Å². The molecule has 0 unspecified atom stereocenters. The van der Waals surface area contributed by atoms with E-state index in [4.69, 9.17) is 0 Å². The molecule has 1 fully saturated rings. The fourth-order valence-corrected chi connectivity index (χ4v) is 4.45. The first-order chi connectivity index (χ1) is 13.2. The number of anilines is 1. The zero-order valence-electron chi connectivity index (χ0n) is 14.4. The van der Waals surface area contributed by atoms with Crippen molar-refractivity contribution < 1.29 is 22.7 Å². The summed E-state index contributed by atoms with van der Waals surface area (Å²) in [4.78, 5) is 22.1. The van der Waals surface area contributed by atoms with Gasteiger partial charge in [0.15, 0.2) is 0 Å². The first-order valence-electron chi connectivity index (χ1n) is 8.13. The zero-order valence-corrected chi connectivity index (χ0v) is 15.2. The summed E-state index contributed by atoms with van der Waals surface area (Å²) in [5, 5.41) is 22.0. The molecule has 0 atom stereocenters. The van der Waals surface area contributed by atoms with Gasteiger partial charge in [-0.2, -0.15) is 4.31 Å². The average molecular weight is 410 g/mol. The number of hydrogen-bond donors (Lipinski definition) is 0. The molecule has 1 aliphatic heterocycles. The minimum Gasteiger partial charge on any atom is -0.363 e. The molecule has 0 radical (unpaired) electrons. The molecular weight excluding hydrogens is 395 g/mol. The largest absolute Gasteiger partial charge is 0.363 e. The third kappa shape index (κ3) is 3.77. The third-order valence-corrected chi connectivity index (χ3v) is 6.27. The first kappa shape index (κ1) is 19.6. The average Bonchev–Trinajstić information content (AvgIpc) is 2.68. The Labute approximate surface area is 159 Å². The van der Waals surface area contributed by atoms with Crippen molar-refractivity contribution in [3.63, 3.8) is 0 Å². The van der Waals surface area contributed by atoms with Gasteiger partial charge in [0, 0.05) is 38.3 Å². The Morgan fingerprint density at radius 3 is 2.21 bits per heavy atom. The molecule has 2 aromatic carbocycles. The van der Waals surface area contributed by atoms with Crippen LogP contribution in [0.1, 0.15) is 0 Å². The number of nitro groups is 2. The molecule has 3 rings (SSSR count). The topological polar surface area (TPSA) is 127 Å². The lowest BCUT2D eigenvalue weighted by molar-refractivity contribution is -0.385. The van der Waals surface area contributed by atoms with Gasteiger partial charge in [0.05, 0.1) is 20.8 Å². The van der Waals surface area contributed by atoms with E-state index in [1.807, 2.05) is 0 Å². The summed E-state index contributed by atoms with van der Waals surface area (Å²) < 4.78 is 40.0. The van der Waals surface area contributed by atoms with Crippen LogP contribution in [0.15, 0.2) is 47.4 Å². The number of halogens is 1. The number of piperazine rings is 1. The van der Waals surface area contributed by atoms with Gasteiger partial charge in [0.2, 0.25) is 10.0 Å². The Morgan fingerprint density at radius 1 is 0.929 bits per heavy atom. The monoisotopic (exact) mass is 410 g/mol. The lowest BCUT2D eigenvalue weighted by Gasteiger charge is -2.35. The van der Waals surface area contributed by atoms with Gasteiger partial charge in [-0.25, -0.2) is 12.8 Å². The Bertz CT molecular complexity index is 1040. The highest BCUT2D eigenvalue weighted by molar-refractivity contribution is 7.89. The van der Waals surface area contributed by atoms with Crippen LogP contribution in [-0.4, -0.2) is 48.7 Å². The quantitative estimate of drug-likeness (QED) is 0.546. The second-order valence-corrected chi connectivity index (χ2v) is 7.97. The van der Waals surface area contributed by atoms with E-state index < -0.39 is 31.4 Å². The summed E-state index contributed by atoms with van der Waals surface area (Å²) >= 11 is 0. The Morgan fingerprint density at radius 2 is 1.61 bits per heavy atom. The number of nitro benzene ring substituents is 2. The SMILES string of the molecule is O=[N+]([O-])c1cccc(S(=O)(=O)N2CCN(c3ccc(F)cc3[N+](=O)[O-])CC2)c1. The highest BCUT2D eigenvalue weighted by Gasteiger charge is 2.31. The summed E-state index contributed by atoms with van der Waals surface area (Å²) in [5.41, 5.74) is -0.518. The van der Waals surface area contributed by atoms with Crippen LogP contribution < -0.4 is 4.90 Å². The lowest BCUT2D eigenvalue weighted by atomic mass is 10.2. The zero-order chi connectivity index (χ0) is 20.5. The second kappa shape index (κ2) is 7.48. The highest BCUT2D eigenvalue weighted by Crippen LogP contribution is 2.30. The minimum absolute atomic E-state index is 0.0273. The summed E-state index contributed by atoms with van der Waals surface area (Å²) in [6.07, 6.45) is 0. The molecule has 0 N–H and O–H groups in total. The molecule has 1 aliphatic rings. The van der Waals surface area contributed by atoms with Gasteiger partial charge in [0.1, 0.15) is 11.5 Å². The molecular formula is C16H15FN4O6S. The predicted molar refractivity (Wildman–Crippen MR) is 97.1 cm³/mol. The van der Waals surface area contributed by atoms with Gasteiger partial charge in [-0.3, -0.25) is 20.2 Å². The summed E-state index contributed by atoms with van der Waals surface area (Å²) in [5.74, 6) is -0.734. The number of hydrogen-bond acceptors (Lipinski definition) is 7. The molecule has 0 aromatic heterocycles. The smallest absolute Gasteiger partial charge is 0.295 e. The molecule has 0 spiro atoms. The third-order valence-electron chi connectivity index (χ3n) is 4.38. The molecule has 0 saturated carbocycles. The van der Waals surface area contributed by atoms with Crippen LogP contribution in [0.3, 0.4) is 0 Å². The van der Waals surface area contributed by atoms with Gasteiger partial charge >= 0.3 is 0 Å². The fourth-order valence-electron chi connectivity index (χ4n) is 2.99. The summed E-state index contributed by atoms with van der Waals surface area (Å²) in [7, 11) is -3.95. The van der Waals surface area contributed by atoms with Crippen molar-refractivity contribution in [2.45, 2.75) is 4.90 Å². The molecule has 0 amide bonds. The van der Waals surface area contributed by atoms with Crippen LogP contribution in [0.4, 0.5) is 21.5 Å². The molecule has 0 aliphatic carbocycles. The fraction of sp³-hybridized carbons (Fsp3) is 0.250. The Balaban J connectivity index is 1.80. The first-order valence-corrected chi connectivity index (χ1v) is 9.57. The minimum atomic E-state index is -3.95. The number of non-ortho nitro benzene ring substituents is 1. The molecule has 1 heterocycles. The van der Waals surface area contributed by atoms with E-state index in [1.165, 1.54) is 24.3 Å². The normalized spacial score (nSPS) is 15.4. The van der Waals surface area contributed by atoms with E-state index in [9.17, 15) is 33.0 Å². The maximum atomic E-state index is 13.3. The summed E-state index contributed by atoms with van der Waals surface area (Å²) in [6.45, 7) is 0.361. The second-order valence-electron chi connectivity index (χ2n) is 6.04. The number of rotatable bonds is 5. The Kier molecular flexibility index (Phi) is 5.25. The van der Waals surface area contributed by atoms with Crippen LogP contribution in [-0.2, 0) is 10.0 Å². The maximum absolute atomic E-state index is 13.3. The van der Waals surface area contributed by atoms with Gasteiger partial charge in [0.25, 0.3) is 11.4 Å². The lowest BCUT2D eigenvalue weighted by Crippen LogP contribution is -2.48. The summed E-state index contributed by atoms with van der Waals surface area (Å²) in [6, 6.07) is 7.98. The molecule has 1 saturated heterocycles. The number of sulfonamides is 1. The van der Waals surface area contributed by atoms with Crippen LogP contribution in [0.25, 0.3) is 0 Å². The van der Waals surface area contributed by atoms with Crippen molar-refractivity contribution in [1.29, 1.82) is 0 Å². The molecule has 2 aromatic rings. The van der Waals surface area contributed by atoms with E-state index >= 15 is 0 Å². The van der Waals surface area contributed by atoms with Gasteiger partial charge in [-0.1, -0.05) is 6.07 Å². The van der Waals surface area contributed by atoms with E-state index in [0.717, 1.165) is 22.5 Å². The van der Waals surface area contributed by atoms with Crippen LogP contribution in [0.2, 0.25) is 0 Å². The van der Waals surface area contributed by atoms with Gasteiger partial charge in [-0.05, 0) is 18.2 Å². The van der Waals surface area contributed by atoms with Crippen molar-refractivity contribution in [1.82, 2.24) is 4.31 Å². The van der Waals surface area contributed by atoms with Gasteiger partial charge in [-0.15, -0.1) is 0 Å². The molecule has 148 valence electrons. The standard InChI is InChI=1S/C16H15FN4O6S/c17-12-4-5-15(16(10-12)21(24)25)18-6-8-19(9-7-18)28(26,27)14-3-1-2-13(11-14)20(22)23/h1-5,10-11H,6-9H2. The van der Waals surface area contributed by atoms with Crippen molar-refractivity contribution in [3.05, 3.63) is 68.5 Å². The van der Waals surface area contributed by atoms with Crippen molar-refractivity contribution in [2.75, 3.05) is 31.1 Å². The van der Waals surface area contributed by atoms with Crippen molar-refractivity contribution >= 4 is 27.1 Å². The van der Waals surface area contributed by atoms with Crippen LogP contribution in [0, 0.1) is 26.0 Å². The molecule has 10 nitrogen and oxygen atoms in total. The number of benzene rings is 2. The van der Waals surface area contributed by atoms with E-state index in [-0.39, 0.29) is 42.4 Å². The maximum Gasteiger partial charge on any atom is 0.295 e. The predicted octanol–water partition coefficient (Wildman–Crippen LogP) is 2.15. The number of nitrogens with zero attached hydrogens (tertiary/aromatic N) is 4. The molecule has 28 heavy (non-hydrogen) atoms. The van der Waals surface area contributed by atoms with E-state index in [0.29, 0.717) is 0 Å². The van der Waals surface area contributed by atoms with Gasteiger partial charge < -0.3 is 4.90 Å². The highest BCUT2D eigenvalue weighted by atomic mass is 32.2. The van der Waals surface area contributed by atoms with Crippen molar-refractivity contribution in [3.8, 4) is 0 Å². The van der Waals surface area contributed by atoms with E-state index in [1.54, 1.807) is 4.90 Å².